The molecule has 0 saturated heterocycles. The summed E-state index contributed by atoms with van der Waals surface area (Å²) < 4.78 is 16.2. The fourth-order valence-electron chi connectivity index (χ4n) is 6.79. The van der Waals surface area contributed by atoms with Crippen molar-refractivity contribution in [2.24, 2.45) is 0 Å². The maximum Gasteiger partial charge on any atom is 0.188 e. The Labute approximate surface area is 246 Å². The molecular weight excluding hydrogens is 532 g/mol. The Morgan fingerprint density at radius 1 is 0.571 bits per heavy atom. The highest BCUT2D eigenvalue weighted by atomic mass is 32.2. The van der Waals surface area contributed by atoms with E-state index in [0.717, 1.165) is 59.5 Å². The minimum atomic E-state index is -1.30. The van der Waals surface area contributed by atoms with E-state index in [9.17, 15) is 4.21 Å². The van der Waals surface area contributed by atoms with E-state index in [-0.39, 0.29) is 0 Å². The SMILES string of the molecule is [C-]#[N+]c1ccc2c(c1)c1cc(C3(c4ccccc4)c4ccccc4S(=O)c4ccccc43)ccc1n2-c1ccccc1. The molecule has 0 saturated carbocycles. The molecule has 1 aromatic heterocycles. The van der Waals surface area contributed by atoms with E-state index in [1.807, 2.05) is 60.7 Å². The first-order valence-electron chi connectivity index (χ1n) is 13.9. The third kappa shape index (κ3) is 3.35. The molecule has 3 nitrogen and oxygen atoms in total. The zero-order chi connectivity index (χ0) is 28.3. The second-order valence-corrected chi connectivity index (χ2v) is 12.0. The van der Waals surface area contributed by atoms with Crippen molar-refractivity contribution >= 4 is 38.3 Å². The molecule has 4 heteroatoms. The normalized spacial score (nSPS) is 17.5. The number of aromatic nitrogens is 1. The Kier molecular flexibility index (Phi) is 5.50. The quantitative estimate of drug-likeness (QED) is 0.199. The number of benzene rings is 6. The standard InChI is InChI=1S/C38H24N2OS/c1-39-28-21-23-35-31(25-28)30-24-27(20-22-34(30)40(35)29-14-6-3-7-15-29)38(26-12-4-2-5-13-26)32-16-8-10-18-36(32)42(41)37-19-11-9-17-33(37)38/h2-25H. The lowest BCUT2D eigenvalue weighted by Gasteiger charge is -2.41. The van der Waals surface area contributed by atoms with Crippen LogP contribution in [-0.2, 0) is 16.2 Å². The summed E-state index contributed by atoms with van der Waals surface area (Å²) in [6.07, 6.45) is 0. The molecule has 2 heterocycles. The van der Waals surface area contributed by atoms with Crippen LogP contribution in [0.2, 0.25) is 0 Å². The summed E-state index contributed by atoms with van der Waals surface area (Å²) in [7, 11) is -1.30. The number of hydrogen-bond acceptors (Lipinski definition) is 1. The second-order valence-electron chi connectivity index (χ2n) is 10.6. The van der Waals surface area contributed by atoms with Gasteiger partial charge in [0.2, 0.25) is 0 Å². The smallest absolute Gasteiger partial charge is 0.188 e. The molecule has 1 aliphatic rings. The molecule has 1 aliphatic heterocycles. The van der Waals surface area contributed by atoms with Crippen LogP contribution in [0.5, 0.6) is 0 Å². The predicted molar refractivity (Wildman–Crippen MR) is 170 cm³/mol. The van der Waals surface area contributed by atoms with Gasteiger partial charge in [0, 0.05) is 20.9 Å². The van der Waals surface area contributed by atoms with Gasteiger partial charge in [-0.15, -0.1) is 0 Å². The third-order valence-electron chi connectivity index (χ3n) is 8.51. The summed E-state index contributed by atoms with van der Waals surface area (Å²) in [4.78, 5) is 5.43. The van der Waals surface area contributed by atoms with E-state index in [4.69, 9.17) is 6.57 Å². The van der Waals surface area contributed by atoms with Crippen molar-refractivity contribution in [3.05, 3.63) is 179 Å². The van der Waals surface area contributed by atoms with Crippen LogP contribution in [0.1, 0.15) is 22.3 Å². The number of nitrogens with zero attached hydrogens (tertiary/aromatic N) is 2. The molecule has 0 bridgehead atoms. The number of rotatable bonds is 3. The Hall–Kier alpha value is -5.24. The van der Waals surface area contributed by atoms with Gasteiger partial charge >= 0.3 is 0 Å². The van der Waals surface area contributed by atoms with Crippen LogP contribution in [0.15, 0.2) is 155 Å². The first-order valence-corrected chi connectivity index (χ1v) is 15.0. The summed E-state index contributed by atoms with van der Waals surface area (Å²) >= 11 is 0. The van der Waals surface area contributed by atoms with E-state index < -0.39 is 16.2 Å². The van der Waals surface area contributed by atoms with E-state index in [1.54, 1.807) is 0 Å². The molecule has 6 aromatic carbocycles. The maximum atomic E-state index is 14.0. The summed E-state index contributed by atoms with van der Waals surface area (Å²) in [5.74, 6) is 0. The number of hydrogen-bond donors (Lipinski definition) is 0. The van der Waals surface area contributed by atoms with Gasteiger partial charge in [-0.2, -0.15) is 0 Å². The van der Waals surface area contributed by atoms with E-state index in [1.165, 1.54) is 0 Å². The van der Waals surface area contributed by atoms with Crippen molar-refractivity contribution in [2.45, 2.75) is 15.2 Å². The van der Waals surface area contributed by atoms with Crippen LogP contribution in [0.25, 0.3) is 32.3 Å². The fourth-order valence-corrected chi connectivity index (χ4v) is 8.27. The Morgan fingerprint density at radius 3 is 1.76 bits per heavy atom. The zero-order valence-corrected chi connectivity index (χ0v) is 23.4. The molecule has 7 aromatic rings. The summed E-state index contributed by atoms with van der Waals surface area (Å²) in [6, 6.07) is 49.9. The molecular formula is C38H24N2OS. The van der Waals surface area contributed by atoms with Crippen LogP contribution in [0, 0.1) is 6.57 Å². The van der Waals surface area contributed by atoms with E-state index in [2.05, 4.69) is 94.3 Å². The highest BCUT2D eigenvalue weighted by Gasteiger charge is 2.46. The predicted octanol–water partition coefficient (Wildman–Crippen LogP) is 9.20. The van der Waals surface area contributed by atoms with Crippen molar-refractivity contribution < 1.29 is 4.21 Å². The highest BCUT2D eigenvalue weighted by Crippen LogP contribution is 2.53. The largest absolute Gasteiger partial charge is 0.309 e. The zero-order valence-electron chi connectivity index (χ0n) is 22.6. The number of fused-ring (bicyclic) bond motifs is 5. The average molecular weight is 557 g/mol. The molecule has 42 heavy (non-hydrogen) atoms. The lowest BCUT2D eigenvalue weighted by atomic mass is 9.64. The molecule has 0 N–H and O–H groups in total. The molecule has 0 amide bonds. The van der Waals surface area contributed by atoms with Gasteiger partial charge in [-0.25, -0.2) is 9.05 Å². The Bertz CT molecular complexity index is 2180. The molecule has 0 atom stereocenters. The van der Waals surface area contributed by atoms with E-state index >= 15 is 0 Å². The van der Waals surface area contributed by atoms with Gasteiger partial charge in [0.05, 0.1) is 33.8 Å². The van der Waals surface area contributed by atoms with E-state index in [0.29, 0.717) is 5.69 Å². The lowest BCUT2D eigenvalue weighted by Crippen LogP contribution is -2.36. The van der Waals surface area contributed by atoms with Gasteiger partial charge in [-0.3, -0.25) is 0 Å². The molecule has 0 fully saturated rings. The topological polar surface area (TPSA) is 26.4 Å². The van der Waals surface area contributed by atoms with Gasteiger partial charge in [0.15, 0.2) is 5.69 Å². The molecule has 198 valence electrons. The van der Waals surface area contributed by atoms with Crippen molar-refractivity contribution in [1.29, 1.82) is 0 Å². The molecule has 0 spiro atoms. The van der Waals surface area contributed by atoms with Crippen LogP contribution < -0.4 is 0 Å². The van der Waals surface area contributed by atoms with Crippen molar-refractivity contribution in [1.82, 2.24) is 4.57 Å². The van der Waals surface area contributed by atoms with Gasteiger partial charge in [-0.1, -0.05) is 97.1 Å². The van der Waals surface area contributed by atoms with Crippen LogP contribution in [-0.4, -0.2) is 8.78 Å². The number of para-hydroxylation sites is 1. The Balaban J connectivity index is 1.54. The van der Waals surface area contributed by atoms with Gasteiger partial charge in [0.25, 0.3) is 0 Å². The van der Waals surface area contributed by atoms with Crippen molar-refractivity contribution in [3.63, 3.8) is 0 Å². The summed E-state index contributed by atoms with van der Waals surface area (Å²) in [5.41, 5.74) is 7.40. The van der Waals surface area contributed by atoms with Crippen LogP contribution in [0.4, 0.5) is 5.69 Å². The molecule has 0 aliphatic carbocycles. The van der Waals surface area contributed by atoms with Crippen LogP contribution >= 0.6 is 0 Å². The second kappa shape index (κ2) is 9.41. The third-order valence-corrected chi connectivity index (χ3v) is 10.0. The monoisotopic (exact) mass is 556 g/mol. The van der Waals surface area contributed by atoms with Gasteiger partial charge in [-0.05, 0) is 76.2 Å². The lowest BCUT2D eigenvalue weighted by molar-refractivity contribution is 0.654. The Morgan fingerprint density at radius 2 is 1.12 bits per heavy atom. The first kappa shape index (κ1) is 24.5. The highest BCUT2D eigenvalue weighted by molar-refractivity contribution is 7.85. The summed E-state index contributed by atoms with van der Waals surface area (Å²) in [6.45, 7) is 7.71. The molecule has 0 radical (unpaired) electrons. The molecule has 0 unspecified atom stereocenters. The van der Waals surface area contributed by atoms with Gasteiger partial charge in [0.1, 0.15) is 0 Å². The maximum absolute atomic E-state index is 14.0. The van der Waals surface area contributed by atoms with Gasteiger partial charge < -0.3 is 4.57 Å². The summed E-state index contributed by atoms with van der Waals surface area (Å²) in [5, 5.41) is 2.11. The minimum Gasteiger partial charge on any atom is -0.309 e. The minimum absolute atomic E-state index is 0.613. The molecule has 8 rings (SSSR count). The average Bonchev–Trinajstić information content (AvgIpc) is 3.39. The van der Waals surface area contributed by atoms with Crippen molar-refractivity contribution in [3.8, 4) is 5.69 Å². The first-order chi connectivity index (χ1) is 20.7. The van der Waals surface area contributed by atoms with Crippen molar-refractivity contribution in [2.75, 3.05) is 0 Å². The fraction of sp³-hybridized carbons (Fsp3) is 0.0263. The van der Waals surface area contributed by atoms with Crippen LogP contribution in [0.3, 0.4) is 0 Å².